The Balaban J connectivity index is 2.77. The van der Waals surface area contributed by atoms with Crippen molar-refractivity contribution in [3.8, 4) is 0 Å². The average Bonchev–Trinajstić information content (AvgIpc) is 2.63. The lowest BCUT2D eigenvalue weighted by Crippen LogP contribution is -2.36. The molecule has 0 unspecified atom stereocenters. The number of carboxylic acid groups (broad SMARTS) is 1. The summed E-state index contributed by atoms with van der Waals surface area (Å²) in [4.78, 5) is 23.5. The van der Waals surface area contributed by atoms with Crippen molar-refractivity contribution >= 4 is 23.9 Å². The smallest absolute Gasteiger partial charge is 0.407 e. The number of nitrogens with zero attached hydrogens (tertiary/aromatic N) is 1. The van der Waals surface area contributed by atoms with Gasteiger partial charge in [0.2, 0.25) is 0 Å². The molecule has 6 heteroatoms. The molecule has 0 spiro atoms. The van der Waals surface area contributed by atoms with E-state index in [9.17, 15) is 9.59 Å². The van der Waals surface area contributed by atoms with Gasteiger partial charge in [0, 0.05) is 13.1 Å². The number of hydrogen-bond acceptors (Lipinski definition) is 3. The molecule has 1 aliphatic heterocycles. The SMILES string of the molecule is CCC[C@]1(C(=O)OCl)CCN(C(=O)O)C1. The Hall–Kier alpha value is -0.970. The largest absolute Gasteiger partial charge is 0.465 e. The maximum absolute atomic E-state index is 11.5. The molecule has 0 aromatic carbocycles. The molecule has 0 radical (unpaired) electrons. The van der Waals surface area contributed by atoms with Gasteiger partial charge in [-0.05, 0) is 12.8 Å². The number of likely N-dealkylation sites (tertiary alicyclic amines) is 1. The van der Waals surface area contributed by atoms with Crippen LogP contribution in [0.3, 0.4) is 0 Å². The standard InChI is InChI=1S/C9H14ClNO4/c1-2-3-9(7(12)15-10)4-5-11(6-9)8(13)14/h2-6H2,1H3,(H,13,14)/t9-/m0/s1. The average molecular weight is 236 g/mol. The summed E-state index contributed by atoms with van der Waals surface area (Å²) in [6.45, 7) is 2.48. The minimum absolute atomic E-state index is 0.182. The second-order valence-electron chi connectivity index (χ2n) is 3.85. The highest BCUT2D eigenvalue weighted by molar-refractivity contribution is 6.13. The number of carbonyl (C=O) groups is 2. The minimum Gasteiger partial charge on any atom is -0.465 e. The van der Waals surface area contributed by atoms with E-state index in [1.165, 1.54) is 4.90 Å². The summed E-state index contributed by atoms with van der Waals surface area (Å²) in [7, 11) is 0. The second kappa shape index (κ2) is 4.70. The molecule has 1 aliphatic rings. The van der Waals surface area contributed by atoms with Crippen LogP contribution in [0, 0.1) is 5.41 Å². The van der Waals surface area contributed by atoms with Crippen molar-refractivity contribution in [2.75, 3.05) is 13.1 Å². The lowest BCUT2D eigenvalue weighted by molar-refractivity contribution is -0.145. The molecule has 15 heavy (non-hydrogen) atoms. The number of amides is 1. The van der Waals surface area contributed by atoms with Crippen molar-refractivity contribution < 1.29 is 19.0 Å². The van der Waals surface area contributed by atoms with Gasteiger partial charge in [-0.15, -0.1) is 0 Å². The molecule has 0 aliphatic carbocycles. The highest BCUT2D eigenvalue weighted by atomic mass is 35.5. The Morgan fingerprint density at radius 2 is 2.27 bits per heavy atom. The van der Waals surface area contributed by atoms with Crippen LogP contribution < -0.4 is 0 Å². The van der Waals surface area contributed by atoms with E-state index in [1.807, 2.05) is 6.92 Å². The monoisotopic (exact) mass is 235 g/mol. The van der Waals surface area contributed by atoms with Gasteiger partial charge in [0.05, 0.1) is 5.41 Å². The van der Waals surface area contributed by atoms with Crippen LogP contribution in [0.5, 0.6) is 0 Å². The van der Waals surface area contributed by atoms with Crippen molar-refractivity contribution in [1.82, 2.24) is 4.90 Å². The van der Waals surface area contributed by atoms with E-state index in [2.05, 4.69) is 4.29 Å². The van der Waals surface area contributed by atoms with Crippen LogP contribution in [-0.4, -0.2) is 35.2 Å². The highest BCUT2D eigenvalue weighted by Gasteiger charge is 2.46. The molecule has 1 saturated heterocycles. The van der Waals surface area contributed by atoms with Crippen molar-refractivity contribution in [2.24, 2.45) is 5.41 Å². The molecule has 1 heterocycles. The third-order valence-corrected chi connectivity index (χ3v) is 3.00. The Morgan fingerprint density at radius 1 is 1.60 bits per heavy atom. The van der Waals surface area contributed by atoms with Gasteiger partial charge >= 0.3 is 12.1 Å². The normalized spacial score (nSPS) is 25.3. The van der Waals surface area contributed by atoms with Gasteiger partial charge in [0.15, 0.2) is 0 Å². The summed E-state index contributed by atoms with van der Waals surface area (Å²) in [6.07, 6.45) is 0.871. The molecular weight excluding hydrogens is 222 g/mol. The summed E-state index contributed by atoms with van der Waals surface area (Å²) in [5.41, 5.74) is -0.741. The van der Waals surface area contributed by atoms with Crippen LogP contribution in [0.15, 0.2) is 0 Å². The molecular formula is C9H14ClNO4. The summed E-state index contributed by atoms with van der Waals surface area (Å²) in [5.74, 6) is -0.519. The van der Waals surface area contributed by atoms with E-state index in [1.54, 1.807) is 0 Å². The van der Waals surface area contributed by atoms with Crippen LogP contribution in [0.4, 0.5) is 4.79 Å². The third-order valence-electron chi connectivity index (χ3n) is 2.86. The van der Waals surface area contributed by atoms with Gasteiger partial charge in [-0.2, -0.15) is 0 Å². The molecule has 1 amide bonds. The molecule has 1 N–H and O–H groups in total. The molecule has 0 aromatic rings. The fourth-order valence-corrected chi connectivity index (χ4v) is 2.23. The first-order valence-corrected chi connectivity index (χ1v) is 5.17. The van der Waals surface area contributed by atoms with E-state index in [0.717, 1.165) is 6.42 Å². The third kappa shape index (κ3) is 2.34. The Bertz CT molecular complexity index is 271. The summed E-state index contributed by atoms with van der Waals surface area (Å²) in [6, 6.07) is 0. The van der Waals surface area contributed by atoms with Gasteiger partial charge in [0.25, 0.3) is 0 Å². The lowest BCUT2D eigenvalue weighted by Gasteiger charge is -2.23. The van der Waals surface area contributed by atoms with Crippen LogP contribution in [-0.2, 0) is 9.08 Å². The van der Waals surface area contributed by atoms with E-state index in [4.69, 9.17) is 17.0 Å². The first kappa shape index (κ1) is 12.1. The first-order valence-electron chi connectivity index (χ1n) is 4.86. The van der Waals surface area contributed by atoms with E-state index >= 15 is 0 Å². The fraction of sp³-hybridized carbons (Fsp3) is 0.778. The van der Waals surface area contributed by atoms with E-state index < -0.39 is 17.5 Å². The lowest BCUT2D eigenvalue weighted by atomic mass is 9.83. The number of hydrogen-bond donors (Lipinski definition) is 1. The van der Waals surface area contributed by atoms with Gasteiger partial charge in [-0.25, -0.2) is 9.59 Å². The second-order valence-corrected chi connectivity index (χ2v) is 4.00. The quantitative estimate of drug-likeness (QED) is 0.811. The first-order chi connectivity index (χ1) is 7.05. The Kier molecular flexibility index (Phi) is 3.79. The number of carbonyl (C=O) groups excluding carboxylic acids is 1. The summed E-state index contributed by atoms with van der Waals surface area (Å²) < 4.78 is 4.23. The highest BCUT2D eigenvalue weighted by Crippen LogP contribution is 2.36. The van der Waals surface area contributed by atoms with Crippen molar-refractivity contribution in [2.45, 2.75) is 26.2 Å². The van der Waals surface area contributed by atoms with E-state index in [0.29, 0.717) is 19.4 Å². The predicted octanol–water partition coefficient (Wildman–Crippen LogP) is 1.85. The van der Waals surface area contributed by atoms with Gasteiger partial charge in [-0.1, -0.05) is 13.3 Å². The molecule has 0 aromatic heterocycles. The van der Waals surface area contributed by atoms with Crippen molar-refractivity contribution in [3.05, 3.63) is 0 Å². The van der Waals surface area contributed by atoms with Crippen LogP contribution in [0.25, 0.3) is 0 Å². The zero-order valence-electron chi connectivity index (χ0n) is 8.53. The summed E-state index contributed by atoms with van der Waals surface area (Å²) >= 11 is 5.07. The summed E-state index contributed by atoms with van der Waals surface area (Å²) in [5, 5.41) is 8.81. The van der Waals surface area contributed by atoms with Crippen molar-refractivity contribution in [3.63, 3.8) is 0 Å². The van der Waals surface area contributed by atoms with E-state index in [-0.39, 0.29) is 6.54 Å². The molecule has 1 atom stereocenters. The number of halogens is 1. The molecule has 0 bridgehead atoms. The maximum atomic E-state index is 11.5. The van der Waals surface area contributed by atoms with Crippen molar-refractivity contribution in [1.29, 1.82) is 0 Å². The Labute approximate surface area is 93.1 Å². The molecule has 1 fully saturated rings. The van der Waals surface area contributed by atoms with Gasteiger partial charge < -0.3 is 14.3 Å². The molecule has 86 valence electrons. The molecule has 0 saturated carbocycles. The maximum Gasteiger partial charge on any atom is 0.407 e. The van der Waals surface area contributed by atoms with Crippen LogP contribution in [0.1, 0.15) is 26.2 Å². The Morgan fingerprint density at radius 3 is 2.67 bits per heavy atom. The topological polar surface area (TPSA) is 66.8 Å². The predicted molar refractivity (Wildman–Crippen MR) is 53.5 cm³/mol. The van der Waals surface area contributed by atoms with Crippen LogP contribution in [0.2, 0.25) is 0 Å². The van der Waals surface area contributed by atoms with Gasteiger partial charge in [0.1, 0.15) is 11.9 Å². The van der Waals surface area contributed by atoms with Crippen LogP contribution >= 0.6 is 11.9 Å². The fourth-order valence-electron chi connectivity index (χ4n) is 2.07. The number of rotatable bonds is 3. The molecule has 1 rings (SSSR count). The minimum atomic E-state index is -1.00. The molecule has 5 nitrogen and oxygen atoms in total. The zero-order valence-corrected chi connectivity index (χ0v) is 9.29. The zero-order chi connectivity index (χ0) is 11.5. The van der Waals surface area contributed by atoms with Gasteiger partial charge in [-0.3, -0.25) is 0 Å².